The summed E-state index contributed by atoms with van der Waals surface area (Å²) in [6, 6.07) is 1.70. The number of rotatable bonds is 3. The Hall–Kier alpha value is -1.36. The van der Waals surface area contributed by atoms with E-state index in [1.54, 1.807) is 6.07 Å². The van der Waals surface area contributed by atoms with Crippen LogP contribution in [0.2, 0.25) is 0 Å². The van der Waals surface area contributed by atoms with Gasteiger partial charge in [-0.05, 0) is 12.8 Å². The Balaban J connectivity index is 1.86. The largest absolute Gasteiger partial charge is 0.393 e. The van der Waals surface area contributed by atoms with E-state index < -0.39 is 0 Å². The molecule has 0 radical (unpaired) electrons. The highest BCUT2D eigenvalue weighted by Gasteiger charge is 2.22. The normalized spacial score (nSPS) is 25.3. The summed E-state index contributed by atoms with van der Waals surface area (Å²) in [5.74, 6) is 1.51. The van der Waals surface area contributed by atoms with Gasteiger partial charge in [0.15, 0.2) is 0 Å². The Morgan fingerprint density at radius 3 is 2.94 bits per heavy atom. The van der Waals surface area contributed by atoms with Crippen LogP contribution in [0, 0.1) is 5.92 Å². The molecular formula is C11H18N4O. The Morgan fingerprint density at radius 2 is 2.19 bits per heavy atom. The molecule has 0 saturated heterocycles. The van der Waals surface area contributed by atoms with E-state index in [-0.39, 0.29) is 6.10 Å². The molecule has 1 aromatic heterocycles. The van der Waals surface area contributed by atoms with Gasteiger partial charge in [-0.1, -0.05) is 12.8 Å². The van der Waals surface area contributed by atoms with E-state index >= 15 is 0 Å². The highest BCUT2D eigenvalue weighted by atomic mass is 16.3. The minimum Gasteiger partial charge on any atom is -0.393 e. The molecule has 1 aliphatic carbocycles. The highest BCUT2D eigenvalue weighted by molar-refractivity contribution is 5.43. The van der Waals surface area contributed by atoms with Crippen molar-refractivity contribution in [1.29, 1.82) is 0 Å². The molecule has 0 aromatic carbocycles. The van der Waals surface area contributed by atoms with Crippen molar-refractivity contribution in [3.8, 4) is 0 Å². The first-order valence-electron chi connectivity index (χ1n) is 5.75. The van der Waals surface area contributed by atoms with Crippen LogP contribution in [0.3, 0.4) is 0 Å². The number of hydrogen-bond donors (Lipinski definition) is 3. The number of aliphatic hydroxyl groups is 1. The minimum atomic E-state index is -0.180. The fourth-order valence-electron chi connectivity index (χ4n) is 2.13. The maximum Gasteiger partial charge on any atom is 0.131 e. The first kappa shape index (κ1) is 11.1. The lowest BCUT2D eigenvalue weighted by Gasteiger charge is -2.27. The molecule has 4 N–H and O–H groups in total. The van der Waals surface area contributed by atoms with Gasteiger partial charge in [-0.3, -0.25) is 0 Å². The second-order valence-electron chi connectivity index (χ2n) is 4.32. The van der Waals surface area contributed by atoms with Crippen molar-refractivity contribution in [3.05, 3.63) is 12.4 Å². The number of aliphatic hydroxyl groups excluding tert-OH is 1. The number of nitrogen functional groups attached to an aromatic ring is 1. The molecule has 2 unspecified atom stereocenters. The van der Waals surface area contributed by atoms with Gasteiger partial charge < -0.3 is 16.2 Å². The molecule has 1 saturated carbocycles. The molecule has 5 heteroatoms. The molecule has 2 atom stereocenters. The Bertz CT molecular complexity index is 345. The first-order valence-corrected chi connectivity index (χ1v) is 5.75. The van der Waals surface area contributed by atoms with Gasteiger partial charge in [0.25, 0.3) is 0 Å². The number of aromatic nitrogens is 2. The number of anilines is 2. The Morgan fingerprint density at radius 1 is 1.38 bits per heavy atom. The van der Waals surface area contributed by atoms with Gasteiger partial charge in [0.2, 0.25) is 0 Å². The third kappa shape index (κ3) is 2.82. The highest BCUT2D eigenvalue weighted by Crippen LogP contribution is 2.24. The van der Waals surface area contributed by atoms with E-state index in [9.17, 15) is 5.11 Å². The summed E-state index contributed by atoms with van der Waals surface area (Å²) < 4.78 is 0. The van der Waals surface area contributed by atoms with Gasteiger partial charge in [0.05, 0.1) is 6.10 Å². The van der Waals surface area contributed by atoms with Gasteiger partial charge in [-0.25, -0.2) is 9.97 Å². The number of nitrogens with zero attached hydrogens (tertiary/aromatic N) is 2. The van der Waals surface area contributed by atoms with E-state index in [1.165, 1.54) is 12.7 Å². The van der Waals surface area contributed by atoms with Crippen LogP contribution < -0.4 is 11.1 Å². The molecule has 88 valence electrons. The predicted octanol–water partition coefficient (Wildman–Crippen LogP) is 1.02. The fourth-order valence-corrected chi connectivity index (χ4v) is 2.13. The molecular weight excluding hydrogens is 204 g/mol. The molecule has 1 aromatic rings. The molecule has 16 heavy (non-hydrogen) atoms. The standard InChI is InChI=1S/C11H18N4O/c12-10-5-11(15-7-14-10)13-6-8-3-1-2-4-9(8)16/h5,7-9,16H,1-4,6H2,(H3,12,13,14,15). The zero-order valence-corrected chi connectivity index (χ0v) is 9.26. The Kier molecular flexibility index (Phi) is 3.56. The monoisotopic (exact) mass is 222 g/mol. The van der Waals surface area contributed by atoms with Crippen LogP contribution in [-0.4, -0.2) is 27.7 Å². The van der Waals surface area contributed by atoms with Crippen LogP contribution >= 0.6 is 0 Å². The van der Waals surface area contributed by atoms with Gasteiger partial charge in [-0.15, -0.1) is 0 Å². The Labute approximate surface area is 95.1 Å². The lowest BCUT2D eigenvalue weighted by molar-refractivity contribution is 0.0763. The zero-order valence-electron chi connectivity index (χ0n) is 9.26. The maximum absolute atomic E-state index is 9.80. The third-order valence-electron chi connectivity index (χ3n) is 3.10. The lowest BCUT2D eigenvalue weighted by Crippen LogP contribution is -2.30. The van der Waals surface area contributed by atoms with Crippen molar-refractivity contribution >= 4 is 11.6 Å². The number of nitrogens with two attached hydrogens (primary N) is 1. The first-order chi connectivity index (χ1) is 7.75. The topological polar surface area (TPSA) is 84.1 Å². The van der Waals surface area contributed by atoms with Crippen LogP contribution in [-0.2, 0) is 0 Å². The molecule has 0 aliphatic heterocycles. The van der Waals surface area contributed by atoms with Crippen molar-refractivity contribution in [2.75, 3.05) is 17.6 Å². The van der Waals surface area contributed by atoms with E-state index in [0.717, 1.165) is 31.6 Å². The van der Waals surface area contributed by atoms with Crippen molar-refractivity contribution in [1.82, 2.24) is 9.97 Å². The molecule has 1 aliphatic rings. The van der Waals surface area contributed by atoms with E-state index in [2.05, 4.69) is 15.3 Å². The van der Waals surface area contributed by atoms with Crippen LogP contribution in [0.1, 0.15) is 25.7 Å². The average molecular weight is 222 g/mol. The van der Waals surface area contributed by atoms with Crippen LogP contribution in [0.4, 0.5) is 11.6 Å². The molecule has 1 fully saturated rings. The minimum absolute atomic E-state index is 0.180. The van der Waals surface area contributed by atoms with E-state index in [4.69, 9.17) is 5.73 Å². The van der Waals surface area contributed by atoms with Crippen LogP contribution in [0.25, 0.3) is 0 Å². The summed E-state index contributed by atoms with van der Waals surface area (Å²) in [6.45, 7) is 0.748. The van der Waals surface area contributed by atoms with Crippen molar-refractivity contribution < 1.29 is 5.11 Å². The van der Waals surface area contributed by atoms with Crippen LogP contribution in [0.5, 0.6) is 0 Å². The van der Waals surface area contributed by atoms with E-state index in [0.29, 0.717) is 11.7 Å². The molecule has 5 nitrogen and oxygen atoms in total. The fraction of sp³-hybridized carbons (Fsp3) is 0.636. The average Bonchev–Trinajstić information content (AvgIpc) is 2.28. The SMILES string of the molecule is Nc1cc(NCC2CCCCC2O)ncn1. The van der Waals surface area contributed by atoms with Crippen molar-refractivity contribution in [2.45, 2.75) is 31.8 Å². The molecule has 0 spiro atoms. The molecule has 0 amide bonds. The number of nitrogens with one attached hydrogen (secondary N) is 1. The van der Waals surface area contributed by atoms with Gasteiger partial charge in [0.1, 0.15) is 18.0 Å². The zero-order chi connectivity index (χ0) is 11.4. The van der Waals surface area contributed by atoms with E-state index in [1.807, 2.05) is 0 Å². The second-order valence-corrected chi connectivity index (χ2v) is 4.32. The third-order valence-corrected chi connectivity index (χ3v) is 3.10. The summed E-state index contributed by atoms with van der Waals surface area (Å²) in [6.07, 6.45) is 5.59. The summed E-state index contributed by atoms with van der Waals surface area (Å²) in [5, 5.41) is 13.0. The molecule has 1 heterocycles. The van der Waals surface area contributed by atoms with Crippen LogP contribution in [0.15, 0.2) is 12.4 Å². The van der Waals surface area contributed by atoms with Gasteiger partial charge in [0, 0.05) is 18.5 Å². The predicted molar refractivity (Wildman–Crippen MR) is 62.9 cm³/mol. The summed E-state index contributed by atoms with van der Waals surface area (Å²) in [5.41, 5.74) is 5.55. The quantitative estimate of drug-likeness (QED) is 0.711. The van der Waals surface area contributed by atoms with Crippen molar-refractivity contribution in [3.63, 3.8) is 0 Å². The molecule has 2 rings (SSSR count). The van der Waals surface area contributed by atoms with Gasteiger partial charge in [-0.2, -0.15) is 0 Å². The summed E-state index contributed by atoms with van der Waals surface area (Å²) in [4.78, 5) is 7.89. The number of hydrogen-bond acceptors (Lipinski definition) is 5. The van der Waals surface area contributed by atoms with Crippen molar-refractivity contribution in [2.24, 2.45) is 5.92 Å². The maximum atomic E-state index is 9.80. The second kappa shape index (κ2) is 5.12. The smallest absolute Gasteiger partial charge is 0.131 e. The molecule has 0 bridgehead atoms. The summed E-state index contributed by atoms with van der Waals surface area (Å²) in [7, 11) is 0. The lowest BCUT2D eigenvalue weighted by atomic mass is 9.86. The summed E-state index contributed by atoms with van der Waals surface area (Å²) >= 11 is 0. The van der Waals surface area contributed by atoms with Gasteiger partial charge >= 0.3 is 0 Å².